The van der Waals surface area contributed by atoms with E-state index in [1.807, 2.05) is 36.5 Å². The van der Waals surface area contributed by atoms with Gasteiger partial charge in [0.1, 0.15) is 6.61 Å². The Hall–Kier alpha value is -2.18. The zero-order chi connectivity index (χ0) is 32.5. The lowest BCUT2D eigenvalue weighted by Gasteiger charge is -2.15. The van der Waals surface area contributed by atoms with Crippen LogP contribution in [0.25, 0.3) is 0 Å². The lowest BCUT2D eigenvalue weighted by molar-refractivity contribution is -0.161. The van der Waals surface area contributed by atoms with E-state index in [9.17, 15) is 19.8 Å². The summed E-state index contributed by atoms with van der Waals surface area (Å²) >= 11 is 0. The van der Waals surface area contributed by atoms with Crippen LogP contribution in [0.1, 0.15) is 149 Å². The van der Waals surface area contributed by atoms with Crippen molar-refractivity contribution in [2.75, 3.05) is 13.2 Å². The van der Waals surface area contributed by atoms with Gasteiger partial charge in [-0.15, -0.1) is 0 Å². The topological polar surface area (TPSA) is 93.1 Å². The second kappa shape index (κ2) is 32.2. The molecule has 0 fully saturated rings. The molecule has 6 heteroatoms. The van der Waals surface area contributed by atoms with Crippen LogP contribution in [0.5, 0.6) is 0 Å². The van der Waals surface area contributed by atoms with E-state index in [4.69, 9.17) is 9.47 Å². The minimum absolute atomic E-state index is 0.115. The maximum Gasteiger partial charge on any atom is 0.306 e. The van der Waals surface area contributed by atoms with Crippen LogP contribution in [-0.2, 0) is 19.1 Å². The minimum Gasteiger partial charge on any atom is -0.462 e. The summed E-state index contributed by atoms with van der Waals surface area (Å²) in [5, 5.41) is 19.5. The first kappa shape index (κ1) is 41.8. The molecule has 44 heavy (non-hydrogen) atoms. The molecule has 0 aromatic rings. The smallest absolute Gasteiger partial charge is 0.306 e. The van der Waals surface area contributed by atoms with Gasteiger partial charge in [-0.1, -0.05) is 140 Å². The van der Waals surface area contributed by atoms with E-state index in [0.717, 1.165) is 44.4 Å². The van der Waals surface area contributed by atoms with Gasteiger partial charge in [-0.25, -0.2) is 0 Å². The van der Waals surface area contributed by atoms with E-state index in [-0.39, 0.29) is 31.6 Å². The SMILES string of the molecule is CCCCC/C=C\C[C@@H](O)/C=C/C=C\C/C=C\CCCC(=O)OC[C@H](CO)OC(=O)CCCCCCCCCCC(C)CC. The molecule has 0 heterocycles. The second-order valence-corrected chi connectivity index (χ2v) is 12.0. The van der Waals surface area contributed by atoms with Crippen molar-refractivity contribution < 1.29 is 29.3 Å². The number of unbranched alkanes of at least 4 members (excludes halogenated alkanes) is 11. The molecule has 0 bridgehead atoms. The third-order valence-electron chi connectivity index (χ3n) is 7.75. The van der Waals surface area contributed by atoms with Crippen molar-refractivity contribution in [3.05, 3.63) is 48.6 Å². The van der Waals surface area contributed by atoms with E-state index >= 15 is 0 Å². The zero-order valence-corrected chi connectivity index (χ0v) is 28.4. The maximum absolute atomic E-state index is 12.1. The molecule has 0 saturated carbocycles. The van der Waals surface area contributed by atoms with Gasteiger partial charge in [0.25, 0.3) is 0 Å². The lowest BCUT2D eigenvalue weighted by Crippen LogP contribution is -2.28. The highest BCUT2D eigenvalue weighted by atomic mass is 16.6. The van der Waals surface area contributed by atoms with Crippen molar-refractivity contribution in [2.24, 2.45) is 5.92 Å². The predicted octanol–water partition coefficient (Wildman–Crippen LogP) is 9.50. The zero-order valence-electron chi connectivity index (χ0n) is 28.4. The number of esters is 2. The molecule has 0 aromatic heterocycles. The predicted molar refractivity (Wildman–Crippen MR) is 183 cm³/mol. The summed E-state index contributed by atoms with van der Waals surface area (Å²) in [4.78, 5) is 24.1. The van der Waals surface area contributed by atoms with Gasteiger partial charge in [-0.2, -0.15) is 0 Å². The first-order chi connectivity index (χ1) is 21.4. The molecule has 0 radical (unpaired) electrons. The molecule has 0 amide bonds. The number of aliphatic hydroxyl groups is 2. The summed E-state index contributed by atoms with van der Waals surface area (Å²) in [7, 11) is 0. The van der Waals surface area contributed by atoms with Gasteiger partial charge in [0, 0.05) is 12.8 Å². The van der Waals surface area contributed by atoms with Crippen LogP contribution in [0.4, 0.5) is 0 Å². The van der Waals surface area contributed by atoms with Crippen molar-refractivity contribution in [3.8, 4) is 0 Å². The Labute approximate surface area is 270 Å². The summed E-state index contributed by atoms with van der Waals surface area (Å²) in [6.45, 7) is 6.30. The summed E-state index contributed by atoms with van der Waals surface area (Å²) < 4.78 is 10.5. The van der Waals surface area contributed by atoms with Crippen LogP contribution in [0.2, 0.25) is 0 Å². The Morgan fingerprint density at radius 3 is 2.09 bits per heavy atom. The average molecular weight is 619 g/mol. The first-order valence-corrected chi connectivity index (χ1v) is 17.7. The molecular weight excluding hydrogens is 552 g/mol. The van der Waals surface area contributed by atoms with Gasteiger partial charge in [0.05, 0.1) is 12.7 Å². The van der Waals surface area contributed by atoms with Gasteiger partial charge in [0.2, 0.25) is 0 Å². The summed E-state index contributed by atoms with van der Waals surface area (Å²) in [5.41, 5.74) is 0. The Morgan fingerprint density at radius 2 is 1.39 bits per heavy atom. The third kappa shape index (κ3) is 29.9. The van der Waals surface area contributed by atoms with Gasteiger partial charge in [0.15, 0.2) is 6.10 Å². The van der Waals surface area contributed by atoms with Crippen LogP contribution >= 0.6 is 0 Å². The number of hydrogen-bond donors (Lipinski definition) is 2. The molecule has 0 aliphatic rings. The van der Waals surface area contributed by atoms with Crippen molar-refractivity contribution in [1.29, 1.82) is 0 Å². The molecule has 254 valence electrons. The highest BCUT2D eigenvalue weighted by Crippen LogP contribution is 2.15. The van der Waals surface area contributed by atoms with Crippen LogP contribution in [-0.4, -0.2) is 47.6 Å². The largest absolute Gasteiger partial charge is 0.462 e. The van der Waals surface area contributed by atoms with E-state index in [2.05, 4.69) is 26.8 Å². The fraction of sp³-hybridized carbons (Fsp3) is 0.737. The number of ether oxygens (including phenoxy) is 2. The van der Waals surface area contributed by atoms with Crippen LogP contribution in [0, 0.1) is 5.92 Å². The van der Waals surface area contributed by atoms with Crippen LogP contribution in [0.15, 0.2) is 48.6 Å². The molecule has 0 saturated heterocycles. The molecule has 3 atom stereocenters. The molecule has 0 spiro atoms. The second-order valence-electron chi connectivity index (χ2n) is 12.0. The van der Waals surface area contributed by atoms with Crippen molar-refractivity contribution in [2.45, 2.75) is 161 Å². The molecule has 1 unspecified atom stereocenters. The molecule has 0 aromatic carbocycles. The van der Waals surface area contributed by atoms with Crippen molar-refractivity contribution in [3.63, 3.8) is 0 Å². The Kier molecular flexibility index (Phi) is 30.6. The number of carbonyl (C=O) groups excluding carboxylic acids is 2. The molecule has 2 N–H and O–H groups in total. The highest BCUT2D eigenvalue weighted by Gasteiger charge is 2.16. The molecular formula is C38H66O6. The van der Waals surface area contributed by atoms with E-state index in [1.165, 1.54) is 64.2 Å². The van der Waals surface area contributed by atoms with Crippen LogP contribution in [0.3, 0.4) is 0 Å². The number of aliphatic hydroxyl groups excluding tert-OH is 2. The fourth-order valence-corrected chi connectivity index (χ4v) is 4.60. The summed E-state index contributed by atoms with van der Waals surface area (Å²) in [6.07, 6.45) is 34.8. The quantitative estimate of drug-likeness (QED) is 0.0360. The minimum atomic E-state index is -0.810. The normalized spacial score (nSPS) is 14.2. The molecule has 0 aliphatic heterocycles. The van der Waals surface area contributed by atoms with Gasteiger partial charge < -0.3 is 19.7 Å². The Morgan fingerprint density at radius 1 is 0.727 bits per heavy atom. The molecule has 6 nitrogen and oxygen atoms in total. The first-order valence-electron chi connectivity index (χ1n) is 17.7. The molecule has 0 aliphatic carbocycles. The highest BCUT2D eigenvalue weighted by molar-refractivity contribution is 5.70. The van der Waals surface area contributed by atoms with Gasteiger partial charge >= 0.3 is 11.9 Å². The molecule has 0 rings (SSSR count). The standard InChI is InChI=1S/C38H66O6/c1-4-6-7-8-18-23-28-35(40)29-24-19-14-10-12-15-20-25-30-37(41)43-33-36(32-39)44-38(42)31-26-21-16-11-9-13-17-22-27-34(3)5-2/h12,14-15,18-19,23-24,29,34-36,39-40H,4-11,13,16-17,20-22,25-28,30-33H2,1-3H3/b15-12-,19-14-,23-18-,29-24+/t34?,35-,36+/m1/s1. The number of allylic oxidation sites excluding steroid dienone is 6. The van der Waals surface area contributed by atoms with E-state index in [0.29, 0.717) is 19.3 Å². The number of hydrogen-bond acceptors (Lipinski definition) is 6. The number of rotatable bonds is 30. The third-order valence-corrected chi connectivity index (χ3v) is 7.75. The number of carbonyl (C=O) groups is 2. The van der Waals surface area contributed by atoms with Crippen molar-refractivity contribution in [1.82, 2.24) is 0 Å². The average Bonchev–Trinajstić information content (AvgIpc) is 3.02. The Balaban J connectivity index is 3.79. The van der Waals surface area contributed by atoms with Crippen LogP contribution < -0.4 is 0 Å². The van der Waals surface area contributed by atoms with E-state index in [1.54, 1.807) is 6.08 Å². The summed E-state index contributed by atoms with van der Waals surface area (Å²) in [6, 6.07) is 0. The van der Waals surface area contributed by atoms with Gasteiger partial charge in [-0.3, -0.25) is 9.59 Å². The Bertz CT molecular complexity index is 784. The van der Waals surface area contributed by atoms with Crippen molar-refractivity contribution >= 4 is 11.9 Å². The van der Waals surface area contributed by atoms with Gasteiger partial charge in [-0.05, 0) is 50.9 Å². The lowest BCUT2D eigenvalue weighted by atomic mass is 9.99. The fourth-order valence-electron chi connectivity index (χ4n) is 4.60. The van der Waals surface area contributed by atoms with E-state index < -0.39 is 12.2 Å². The monoisotopic (exact) mass is 618 g/mol. The maximum atomic E-state index is 12.1. The summed E-state index contributed by atoms with van der Waals surface area (Å²) in [5.74, 6) is 0.145.